The largest absolute Gasteiger partial charge is 0.376 e. The molecule has 3 rings (SSSR count). The van der Waals surface area contributed by atoms with E-state index in [1.54, 1.807) is 0 Å². The van der Waals surface area contributed by atoms with Gasteiger partial charge in [0.2, 0.25) is 0 Å². The third-order valence-corrected chi connectivity index (χ3v) is 6.34. The topological polar surface area (TPSA) is 41.6 Å². The van der Waals surface area contributed by atoms with Crippen LogP contribution in [0.4, 0.5) is 4.79 Å². The first-order chi connectivity index (χ1) is 8.95. The first kappa shape index (κ1) is 13.2. The Kier molecular flexibility index (Phi) is 3.04. The number of carbonyl (C=O) groups is 1. The molecule has 2 bridgehead atoms. The molecule has 3 atom stereocenters. The number of rotatable bonds is 4. The van der Waals surface area contributed by atoms with Crippen LogP contribution in [0.15, 0.2) is 0 Å². The highest BCUT2D eigenvalue weighted by Crippen LogP contribution is 2.66. The van der Waals surface area contributed by atoms with Crippen LogP contribution in [-0.4, -0.2) is 43.3 Å². The van der Waals surface area contributed by atoms with Gasteiger partial charge in [0, 0.05) is 19.6 Å². The van der Waals surface area contributed by atoms with Gasteiger partial charge in [-0.25, -0.2) is 4.79 Å². The molecule has 4 heteroatoms. The number of amides is 2. The third-order valence-electron chi connectivity index (χ3n) is 6.34. The molecule has 108 valence electrons. The van der Waals surface area contributed by atoms with Crippen molar-refractivity contribution in [1.82, 2.24) is 10.2 Å². The fourth-order valence-corrected chi connectivity index (χ4v) is 4.41. The number of carbonyl (C=O) groups excluding carboxylic acids is 1. The molecule has 2 aliphatic carbocycles. The van der Waals surface area contributed by atoms with Gasteiger partial charge in [0.25, 0.3) is 0 Å². The van der Waals surface area contributed by atoms with Gasteiger partial charge in [0.05, 0.1) is 12.7 Å². The normalized spacial score (nSPS) is 39.9. The standard InChI is InChI=1S/C15H26N2O2/c1-14(2)11-4-5-15(14,3)12(10-11)19-9-8-17-7-6-16-13(17)18/h11-12H,4-10H2,1-3H3,(H,16,18)/t11-,12+,15+/m1/s1. The Morgan fingerprint density at radius 2 is 2.21 bits per heavy atom. The van der Waals surface area contributed by atoms with E-state index in [0.29, 0.717) is 23.5 Å². The summed E-state index contributed by atoms with van der Waals surface area (Å²) in [6.45, 7) is 10.2. The Morgan fingerprint density at radius 3 is 2.74 bits per heavy atom. The zero-order chi connectivity index (χ0) is 13.7. The summed E-state index contributed by atoms with van der Waals surface area (Å²) in [6.07, 6.45) is 4.24. The molecule has 1 saturated heterocycles. The van der Waals surface area contributed by atoms with E-state index in [1.807, 2.05) is 4.90 Å². The van der Waals surface area contributed by atoms with Gasteiger partial charge in [0.15, 0.2) is 0 Å². The van der Waals surface area contributed by atoms with Gasteiger partial charge in [-0.05, 0) is 36.0 Å². The number of hydrogen-bond acceptors (Lipinski definition) is 2. The van der Waals surface area contributed by atoms with E-state index >= 15 is 0 Å². The predicted octanol–water partition coefficient (Wildman–Crippen LogP) is 2.24. The fourth-order valence-electron chi connectivity index (χ4n) is 4.41. The summed E-state index contributed by atoms with van der Waals surface area (Å²) in [5, 5.41) is 2.83. The number of urea groups is 1. The molecular weight excluding hydrogens is 240 g/mol. The Bertz CT molecular complexity index is 382. The molecule has 0 radical (unpaired) electrons. The number of nitrogens with one attached hydrogen (secondary N) is 1. The highest BCUT2D eigenvalue weighted by atomic mass is 16.5. The number of ether oxygens (including phenoxy) is 1. The van der Waals surface area contributed by atoms with Crippen LogP contribution in [0, 0.1) is 16.7 Å². The lowest BCUT2D eigenvalue weighted by Crippen LogP contribution is -2.39. The number of nitrogens with zero attached hydrogens (tertiary/aromatic N) is 1. The van der Waals surface area contributed by atoms with Gasteiger partial charge in [-0.1, -0.05) is 20.8 Å². The van der Waals surface area contributed by atoms with Crippen molar-refractivity contribution in [1.29, 1.82) is 0 Å². The van der Waals surface area contributed by atoms with E-state index in [9.17, 15) is 4.79 Å². The molecule has 3 fully saturated rings. The van der Waals surface area contributed by atoms with Gasteiger partial charge in [-0.15, -0.1) is 0 Å². The van der Waals surface area contributed by atoms with Crippen molar-refractivity contribution in [3.05, 3.63) is 0 Å². The highest BCUT2D eigenvalue weighted by molar-refractivity contribution is 5.76. The molecule has 2 saturated carbocycles. The second-order valence-corrected chi connectivity index (χ2v) is 7.19. The number of fused-ring (bicyclic) bond motifs is 2. The molecule has 3 aliphatic rings. The summed E-state index contributed by atoms with van der Waals surface area (Å²) >= 11 is 0. The summed E-state index contributed by atoms with van der Waals surface area (Å²) < 4.78 is 6.16. The molecule has 0 aromatic heterocycles. The van der Waals surface area contributed by atoms with Crippen molar-refractivity contribution in [2.75, 3.05) is 26.2 Å². The second-order valence-electron chi connectivity index (χ2n) is 7.19. The molecular formula is C15H26N2O2. The molecule has 0 unspecified atom stereocenters. The molecule has 4 nitrogen and oxygen atoms in total. The molecule has 2 amide bonds. The summed E-state index contributed by atoms with van der Waals surface area (Å²) in [6, 6.07) is 0.0584. The van der Waals surface area contributed by atoms with Crippen LogP contribution in [-0.2, 0) is 4.74 Å². The van der Waals surface area contributed by atoms with Crippen LogP contribution in [0.25, 0.3) is 0 Å². The second kappa shape index (κ2) is 4.37. The van der Waals surface area contributed by atoms with E-state index < -0.39 is 0 Å². The molecule has 1 N–H and O–H groups in total. The van der Waals surface area contributed by atoms with Crippen LogP contribution in [0.1, 0.15) is 40.0 Å². The van der Waals surface area contributed by atoms with Crippen molar-refractivity contribution in [3.8, 4) is 0 Å². The molecule has 1 aliphatic heterocycles. The summed E-state index contributed by atoms with van der Waals surface area (Å²) in [4.78, 5) is 13.3. The van der Waals surface area contributed by atoms with Crippen molar-refractivity contribution < 1.29 is 9.53 Å². The zero-order valence-corrected chi connectivity index (χ0v) is 12.4. The average molecular weight is 266 g/mol. The minimum atomic E-state index is 0.0584. The average Bonchev–Trinajstić information content (AvgIpc) is 2.91. The molecule has 0 aromatic rings. The summed E-state index contributed by atoms with van der Waals surface area (Å²) in [5.41, 5.74) is 0.730. The lowest BCUT2D eigenvalue weighted by atomic mass is 9.70. The van der Waals surface area contributed by atoms with Crippen molar-refractivity contribution in [2.24, 2.45) is 16.7 Å². The lowest BCUT2D eigenvalue weighted by molar-refractivity contribution is -0.0490. The predicted molar refractivity (Wildman–Crippen MR) is 73.9 cm³/mol. The van der Waals surface area contributed by atoms with Gasteiger partial charge in [-0.2, -0.15) is 0 Å². The van der Waals surface area contributed by atoms with E-state index in [4.69, 9.17) is 4.74 Å². The minimum absolute atomic E-state index is 0.0584. The molecule has 1 heterocycles. The van der Waals surface area contributed by atoms with E-state index in [1.165, 1.54) is 19.3 Å². The van der Waals surface area contributed by atoms with Crippen LogP contribution in [0.3, 0.4) is 0 Å². The van der Waals surface area contributed by atoms with Crippen LogP contribution in [0.2, 0.25) is 0 Å². The first-order valence-corrected chi connectivity index (χ1v) is 7.59. The van der Waals surface area contributed by atoms with E-state index in [0.717, 1.165) is 25.6 Å². The maximum absolute atomic E-state index is 11.5. The monoisotopic (exact) mass is 266 g/mol. The SMILES string of the molecule is CC1(C)[C@@H]2CC[C@@]1(C)[C@@H](OCCN1CCNC1=O)C2. The Labute approximate surface area is 115 Å². The quantitative estimate of drug-likeness (QED) is 0.848. The van der Waals surface area contributed by atoms with Crippen molar-refractivity contribution in [3.63, 3.8) is 0 Å². The number of hydrogen-bond donors (Lipinski definition) is 1. The minimum Gasteiger partial charge on any atom is -0.376 e. The van der Waals surface area contributed by atoms with Crippen LogP contribution in [0.5, 0.6) is 0 Å². The highest BCUT2D eigenvalue weighted by Gasteiger charge is 2.61. The van der Waals surface area contributed by atoms with Gasteiger partial charge in [-0.3, -0.25) is 0 Å². The fraction of sp³-hybridized carbons (Fsp3) is 0.933. The Balaban J connectivity index is 1.53. The molecule has 0 aromatic carbocycles. The Morgan fingerprint density at radius 1 is 1.42 bits per heavy atom. The van der Waals surface area contributed by atoms with Crippen molar-refractivity contribution in [2.45, 2.75) is 46.1 Å². The summed E-state index contributed by atoms with van der Waals surface area (Å²) in [5.74, 6) is 0.817. The maximum Gasteiger partial charge on any atom is 0.317 e. The van der Waals surface area contributed by atoms with Gasteiger partial charge < -0.3 is 15.0 Å². The maximum atomic E-state index is 11.5. The first-order valence-electron chi connectivity index (χ1n) is 7.59. The Hall–Kier alpha value is -0.770. The zero-order valence-electron chi connectivity index (χ0n) is 12.4. The third kappa shape index (κ3) is 1.87. The molecule has 0 spiro atoms. The van der Waals surface area contributed by atoms with Crippen LogP contribution < -0.4 is 5.32 Å². The van der Waals surface area contributed by atoms with Crippen LogP contribution >= 0.6 is 0 Å². The lowest BCUT2D eigenvalue weighted by Gasteiger charge is -2.39. The van der Waals surface area contributed by atoms with E-state index in [2.05, 4.69) is 26.1 Å². The van der Waals surface area contributed by atoms with Crippen molar-refractivity contribution >= 4 is 6.03 Å². The molecule has 19 heavy (non-hydrogen) atoms. The van der Waals surface area contributed by atoms with Gasteiger partial charge >= 0.3 is 6.03 Å². The smallest absolute Gasteiger partial charge is 0.317 e. The van der Waals surface area contributed by atoms with E-state index in [-0.39, 0.29) is 6.03 Å². The summed E-state index contributed by atoms with van der Waals surface area (Å²) in [7, 11) is 0. The van der Waals surface area contributed by atoms with Gasteiger partial charge in [0.1, 0.15) is 0 Å².